The van der Waals surface area contributed by atoms with Gasteiger partial charge in [-0.15, -0.1) is 12.3 Å². The van der Waals surface area contributed by atoms with Crippen molar-refractivity contribution >= 4 is 5.97 Å². The van der Waals surface area contributed by atoms with Crippen LogP contribution in [0.15, 0.2) is 0 Å². The number of hydrogen-bond acceptors (Lipinski definition) is 2. The molecule has 80 valence electrons. The predicted molar refractivity (Wildman–Crippen MR) is 56.9 cm³/mol. The highest BCUT2D eigenvalue weighted by Crippen LogP contribution is 2.02. The Morgan fingerprint density at radius 2 is 2.14 bits per heavy atom. The van der Waals surface area contributed by atoms with Crippen molar-refractivity contribution in [3.05, 3.63) is 0 Å². The van der Waals surface area contributed by atoms with Crippen molar-refractivity contribution in [2.24, 2.45) is 5.92 Å². The molecule has 3 heteroatoms. The predicted octanol–water partition coefficient (Wildman–Crippen LogP) is 1.49. The van der Waals surface area contributed by atoms with E-state index in [1.807, 2.05) is 6.92 Å². The lowest BCUT2D eigenvalue weighted by Crippen LogP contribution is -2.36. The molecule has 3 nitrogen and oxygen atoms in total. The van der Waals surface area contributed by atoms with Gasteiger partial charge in [-0.05, 0) is 26.3 Å². The Morgan fingerprint density at radius 1 is 1.50 bits per heavy atom. The van der Waals surface area contributed by atoms with E-state index in [-0.39, 0.29) is 12.0 Å². The highest BCUT2D eigenvalue weighted by atomic mass is 16.4. The molecule has 0 aromatic rings. The van der Waals surface area contributed by atoms with Gasteiger partial charge in [-0.2, -0.15) is 0 Å². The van der Waals surface area contributed by atoms with E-state index in [2.05, 4.69) is 11.2 Å². The maximum Gasteiger partial charge on any atom is 0.307 e. The fourth-order valence-electron chi connectivity index (χ4n) is 1.07. The number of carboxylic acid groups (broad SMARTS) is 1. The van der Waals surface area contributed by atoms with Gasteiger partial charge in [0, 0.05) is 12.5 Å². The molecular weight excluding hydrogens is 178 g/mol. The molecule has 0 rings (SSSR count). The van der Waals surface area contributed by atoms with Crippen LogP contribution in [0.2, 0.25) is 0 Å². The molecule has 0 heterocycles. The molecule has 0 aromatic carbocycles. The number of rotatable bonds is 7. The summed E-state index contributed by atoms with van der Waals surface area (Å²) >= 11 is 0. The third-order valence-electron chi connectivity index (χ3n) is 2.35. The summed E-state index contributed by atoms with van der Waals surface area (Å²) in [6, 6.07) is 0.0123. The standard InChI is InChI=1S/C11H19NO2/c1-4-5-6-7-8-12-10(3)9(2)11(13)14/h1,9-10,12H,5-8H2,2-3H3,(H,13,14). The summed E-state index contributed by atoms with van der Waals surface area (Å²) in [6.07, 6.45) is 7.91. The zero-order chi connectivity index (χ0) is 11.0. The van der Waals surface area contributed by atoms with Gasteiger partial charge in [-0.1, -0.05) is 6.92 Å². The molecule has 0 saturated heterocycles. The van der Waals surface area contributed by atoms with Gasteiger partial charge in [0.25, 0.3) is 0 Å². The molecule has 0 saturated carbocycles. The first-order valence-electron chi connectivity index (χ1n) is 4.99. The number of unbranched alkanes of at least 4 members (excludes halogenated alkanes) is 2. The molecule has 0 amide bonds. The van der Waals surface area contributed by atoms with E-state index < -0.39 is 5.97 Å². The van der Waals surface area contributed by atoms with Gasteiger partial charge >= 0.3 is 5.97 Å². The van der Waals surface area contributed by atoms with Crippen molar-refractivity contribution in [2.75, 3.05) is 6.54 Å². The minimum absolute atomic E-state index is 0.0123. The molecule has 2 atom stereocenters. The van der Waals surface area contributed by atoms with Crippen molar-refractivity contribution in [3.63, 3.8) is 0 Å². The monoisotopic (exact) mass is 197 g/mol. The average Bonchev–Trinajstić information content (AvgIpc) is 2.16. The van der Waals surface area contributed by atoms with Crippen LogP contribution >= 0.6 is 0 Å². The number of aliphatic carboxylic acids is 1. The average molecular weight is 197 g/mol. The molecule has 0 fully saturated rings. The van der Waals surface area contributed by atoms with E-state index in [0.717, 1.165) is 25.8 Å². The summed E-state index contributed by atoms with van der Waals surface area (Å²) in [5.41, 5.74) is 0. The van der Waals surface area contributed by atoms with E-state index in [1.54, 1.807) is 6.92 Å². The molecule has 0 radical (unpaired) electrons. The van der Waals surface area contributed by atoms with Gasteiger partial charge in [0.1, 0.15) is 0 Å². The van der Waals surface area contributed by atoms with Crippen LogP contribution in [0.4, 0.5) is 0 Å². The Kier molecular flexibility index (Phi) is 6.87. The van der Waals surface area contributed by atoms with Crippen molar-refractivity contribution < 1.29 is 9.90 Å². The maximum atomic E-state index is 10.6. The molecule has 0 bridgehead atoms. The molecule has 0 spiro atoms. The number of carboxylic acids is 1. The lowest BCUT2D eigenvalue weighted by Gasteiger charge is -2.17. The van der Waals surface area contributed by atoms with Gasteiger partial charge in [0.2, 0.25) is 0 Å². The smallest absolute Gasteiger partial charge is 0.307 e. The topological polar surface area (TPSA) is 49.3 Å². The maximum absolute atomic E-state index is 10.6. The number of carbonyl (C=O) groups is 1. The summed E-state index contributed by atoms with van der Waals surface area (Å²) < 4.78 is 0. The Morgan fingerprint density at radius 3 is 2.64 bits per heavy atom. The van der Waals surface area contributed by atoms with Crippen molar-refractivity contribution in [3.8, 4) is 12.3 Å². The van der Waals surface area contributed by atoms with E-state index in [9.17, 15) is 4.79 Å². The van der Waals surface area contributed by atoms with Crippen LogP contribution in [0.5, 0.6) is 0 Å². The summed E-state index contributed by atoms with van der Waals surface area (Å²) in [5.74, 6) is 1.47. The molecule has 0 aliphatic carbocycles. The third-order valence-corrected chi connectivity index (χ3v) is 2.35. The summed E-state index contributed by atoms with van der Waals surface area (Å²) in [6.45, 7) is 4.43. The Hall–Kier alpha value is -1.01. The van der Waals surface area contributed by atoms with Gasteiger partial charge < -0.3 is 10.4 Å². The molecular formula is C11H19NO2. The minimum Gasteiger partial charge on any atom is -0.481 e. The quantitative estimate of drug-likeness (QED) is 0.480. The van der Waals surface area contributed by atoms with E-state index in [4.69, 9.17) is 11.5 Å². The zero-order valence-corrected chi connectivity index (χ0v) is 8.92. The highest BCUT2D eigenvalue weighted by Gasteiger charge is 2.17. The molecule has 0 aromatic heterocycles. The van der Waals surface area contributed by atoms with Crippen LogP contribution in [0.3, 0.4) is 0 Å². The Bertz CT molecular complexity index is 208. The van der Waals surface area contributed by atoms with Gasteiger partial charge in [0.05, 0.1) is 5.92 Å². The van der Waals surface area contributed by atoms with E-state index in [0.29, 0.717) is 0 Å². The first-order valence-corrected chi connectivity index (χ1v) is 4.99. The van der Waals surface area contributed by atoms with Gasteiger partial charge in [0.15, 0.2) is 0 Å². The number of terminal acetylenes is 1. The summed E-state index contributed by atoms with van der Waals surface area (Å²) in [4.78, 5) is 10.6. The van der Waals surface area contributed by atoms with E-state index >= 15 is 0 Å². The first kappa shape index (κ1) is 13.0. The highest BCUT2D eigenvalue weighted by molar-refractivity contribution is 5.70. The Balaban J connectivity index is 3.49. The van der Waals surface area contributed by atoms with Crippen LogP contribution in [0, 0.1) is 18.3 Å². The number of hydrogen-bond donors (Lipinski definition) is 2. The van der Waals surface area contributed by atoms with Crippen LogP contribution in [-0.4, -0.2) is 23.7 Å². The molecule has 0 aliphatic heterocycles. The fraction of sp³-hybridized carbons (Fsp3) is 0.727. The third kappa shape index (κ3) is 5.60. The van der Waals surface area contributed by atoms with Gasteiger partial charge in [-0.3, -0.25) is 4.79 Å². The molecule has 2 unspecified atom stereocenters. The Labute approximate surface area is 85.9 Å². The second kappa shape index (κ2) is 7.40. The molecule has 0 aliphatic rings. The minimum atomic E-state index is -0.756. The second-order valence-electron chi connectivity index (χ2n) is 3.53. The van der Waals surface area contributed by atoms with Crippen molar-refractivity contribution in [2.45, 2.75) is 39.2 Å². The SMILES string of the molecule is C#CCCCCNC(C)C(C)C(=O)O. The summed E-state index contributed by atoms with van der Waals surface area (Å²) in [7, 11) is 0. The molecule has 2 N–H and O–H groups in total. The van der Waals surface area contributed by atoms with Crippen molar-refractivity contribution in [1.82, 2.24) is 5.32 Å². The fourth-order valence-corrected chi connectivity index (χ4v) is 1.07. The van der Waals surface area contributed by atoms with Crippen molar-refractivity contribution in [1.29, 1.82) is 0 Å². The van der Waals surface area contributed by atoms with Crippen LogP contribution in [0.25, 0.3) is 0 Å². The normalized spacial score (nSPS) is 14.4. The second-order valence-corrected chi connectivity index (χ2v) is 3.53. The molecule has 14 heavy (non-hydrogen) atoms. The lowest BCUT2D eigenvalue weighted by atomic mass is 10.0. The van der Waals surface area contributed by atoms with Crippen LogP contribution in [0.1, 0.15) is 33.1 Å². The van der Waals surface area contributed by atoms with Crippen LogP contribution in [-0.2, 0) is 4.79 Å². The van der Waals surface area contributed by atoms with Crippen LogP contribution < -0.4 is 5.32 Å². The van der Waals surface area contributed by atoms with E-state index in [1.165, 1.54) is 0 Å². The zero-order valence-electron chi connectivity index (χ0n) is 8.92. The van der Waals surface area contributed by atoms with Gasteiger partial charge in [-0.25, -0.2) is 0 Å². The number of nitrogens with one attached hydrogen (secondary N) is 1. The largest absolute Gasteiger partial charge is 0.481 e. The first-order chi connectivity index (χ1) is 6.59. The lowest BCUT2D eigenvalue weighted by molar-refractivity contribution is -0.141. The summed E-state index contributed by atoms with van der Waals surface area (Å²) in [5, 5.41) is 11.9.